The quantitative estimate of drug-likeness (QED) is 0.617. The van der Waals surface area contributed by atoms with Gasteiger partial charge in [0.1, 0.15) is 0 Å². The molecular weight excluding hydrogens is 192 g/mol. The number of hydrogen-bond donors (Lipinski definition) is 1. The molecule has 3 heteroatoms. The second-order valence-electron chi connectivity index (χ2n) is 5.74. The fourth-order valence-corrected chi connectivity index (χ4v) is 3.85. The van der Waals surface area contributed by atoms with Gasteiger partial charge in [-0.15, -0.1) is 0 Å². The molecule has 0 aromatic heterocycles. The molecule has 3 saturated heterocycles. The van der Waals surface area contributed by atoms with Gasteiger partial charge in [0.2, 0.25) is 0 Å². The van der Waals surface area contributed by atoms with Crippen molar-refractivity contribution in [3.63, 3.8) is 0 Å². The predicted molar refractivity (Wildman–Crippen MR) is 63.6 cm³/mol. The number of nitrogens with zero attached hydrogens (tertiary/aromatic N) is 2. The molecule has 0 aromatic carbocycles. The highest BCUT2D eigenvalue weighted by atomic mass is 32.1. The largest absolute Gasteiger partial charge is 0.290 e. The average molecular weight is 214 g/mol. The van der Waals surface area contributed by atoms with Crippen LogP contribution in [-0.4, -0.2) is 39.4 Å². The van der Waals surface area contributed by atoms with Gasteiger partial charge in [-0.2, -0.15) is 0 Å². The van der Waals surface area contributed by atoms with Crippen LogP contribution in [0.4, 0.5) is 0 Å². The van der Waals surface area contributed by atoms with Crippen molar-refractivity contribution in [2.75, 3.05) is 6.54 Å². The number of piperidine rings is 2. The molecule has 2 nitrogen and oxygen atoms in total. The molecule has 3 aliphatic heterocycles. The Hall–Kier alpha value is 0.270. The third kappa shape index (κ3) is 1.59. The highest BCUT2D eigenvalue weighted by molar-refractivity contribution is 7.77. The lowest BCUT2D eigenvalue weighted by molar-refractivity contribution is -0.0697. The maximum Gasteiger partial charge on any atom is 0.0354 e. The molecule has 0 N–H and O–H groups in total. The molecule has 3 fully saturated rings. The maximum absolute atomic E-state index is 4.57. The average Bonchev–Trinajstić information content (AvgIpc) is 2.00. The van der Waals surface area contributed by atoms with Crippen molar-refractivity contribution in [2.24, 2.45) is 0 Å². The summed E-state index contributed by atoms with van der Waals surface area (Å²) in [6, 6.07) is 2.02. The summed E-state index contributed by atoms with van der Waals surface area (Å²) in [5, 5.41) is 0. The summed E-state index contributed by atoms with van der Waals surface area (Å²) < 4.78 is 2.25. The van der Waals surface area contributed by atoms with Crippen LogP contribution in [0.2, 0.25) is 0 Å². The summed E-state index contributed by atoms with van der Waals surface area (Å²) in [4.78, 5) is 2.69. The number of rotatable bonds is 0. The minimum Gasteiger partial charge on any atom is -0.290 e. The van der Waals surface area contributed by atoms with E-state index in [9.17, 15) is 0 Å². The number of piperazine rings is 1. The van der Waals surface area contributed by atoms with E-state index >= 15 is 0 Å². The van der Waals surface area contributed by atoms with Gasteiger partial charge in [-0.05, 0) is 40.5 Å². The van der Waals surface area contributed by atoms with Crippen LogP contribution in [-0.2, 0) is 0 Å². The lowest BCUT2D eigenvalue weighted by atomic mass is 9.83. The summed E-state index contributed by atoms with van der Waals surface area (Å²) in [6.07, 6.45) is 2.67. The van der Waals surface area contributed by atoms with Crippen molar-refractivity contribution < 1.29 is 0 Å². The maximum atomic E-state index is 4.57. The molecule has 2 bridgehead atoms. The van der Waals surface area contributed by atoms with Gasteiger partial charge in [0, 0.05) is 30.2 Å². The van der Waals surface area contributed by atoms with Crippen LogP contribution in [0.25, 0.3) is 0 Å². The van der Waals surface area contributed by atoms with E-state index in [2.05, 4.69) is 49.7 Å². The minimum absolute atomic E-state index is 0.303. The van der Waals surface area contributed by atoms with E-state index in [0.717, 1.165) is 6.54 Å². The zero-order valence-electron chi connectivity index (χ0n) is 9.70. The Morgan fingerprint density at radius 2 is 1.86 bits per heavy atom. The third-order valence-corrected chi connectivity index (χ3v) is 4.20. The molecule has 0 aliphatic carbocycles. The number of fused-ring (bicyclic) bond motifs is 3. The van der Waals surface area contributed by atoms with Gasteiger partial charge in [-0.1, -0.05) is 12.8 Å². The monoisotopic (exact) mass is 214 g/mol. The first-order valence-corrected chi connectivity index (χ1v) is 6.05. The molecule has 3 atom stereocenters. The normalized spacial score (nSPS) is 40.5. The van der Waals surface area contributed by atoms with E-state index in [-0.39, 0.29) is 0 Å². The SMILES string of the molecule is CC1C2CCC(CN2S)N1C(C)(C)C. The minimum atomic E-state index is 0.303. The molecular formula is C11H22N2S. The molecule has 14 heavy (non-hydrogen) atoms. The topological polar surface area (TPSA) is 6.48 Å². The van der Waals surface area contributed by atoms with Crippen molar-refractivity contribution in [3.8, 4) is 0 Å². The molecule has 0 radical (unpaired) electrons. The van der Waals surface area contributed by atoms with Crippen molar-refractivity contribution in [2.45, 2.75) is 64.2 Å². The van der Waals surface area contributed by atoms with Crippen LogP contribution in [0.1, 0.15) is 40.5 Å². The predicted octanol–water partition coefficient (Wildman–Crippen LogP) is 2.17. The zero-order valence-corrected chi connectivity index (χ0v) is 10.6. The van der Waals surface area contributed by atoms with E-state index in [1.54, 1.807) is 0 Å². The van der Waals surface area contributed by atoms with E-state index in [0.29, 0.717) is 23.7 Å². The van der Waals surface area contributed by atoms with Gasteiger partial charge < -0.3 is 0 Å². The molecule has 0 aromatic rings. The molecule has 3 unspecified atom stereocenters. The first kappa shape index (κ1) is 10.8. The summed E-state index contributed by atoms with van der Waals surface area (Å²) in [6.45, 7) is 10.5. The van der Waals surface area contributed by atoms with Gasteiger partial charge in [-0.25, -0.2) is 4.31 Å². The number of hydrogen-bond acceptors (Lipinski definition) is 3. The standard InChI is InChI=1S/C11H22N2S/c1-8-10-6-5-9(7-12(10)14)13(8)11(2,3)4/h8-10,14H,5-7H2,1-4H3. The van der Waals surface area contributed by atoms with Crippen molar-refractivity contribution in [1.82, 2.24) is 9.21 Å². The Balaban J connectivity index is 2.21. The van der Waals surface area contributed by atoms with Gasteiger partial charge >= 0.3 is 0 Å². The molecule has 3 aliphatic rings. The molecule has 0 saturated carbocycles. The van der Waals surface area contributed by atoms with Gasteiger partial charge in [0.25, 0.3) is 0 Å². The highest BCUT2D eigenvalue weighted by Gasteiger charge is 2.46. The molecule has 82 valence electrons. The fraction of sp³-hybridized carbons (Fsp3) is 1.00. The lowest BCUT2D eigenvalue weighted by Gasteiger charge is -2.58. The summed E-state index contributed by atoms with van der Waals surface area (Å²) >= 11 is 4.57. The lowest BCUT2D eigenvalue weighted by Crippen LogP contribution is -2.68. The van der Waals surface area contributed by atoms with E-state index in [4.69, 9.17) is 0 Å². The summed E-state index contributed by atoms with van der Waals surface area (Å²) in [7, 11) is 0. The number of thiol groups is 1. The van der Waals surface area contributed by atoms with E-state index in [1.807, 2.05) is 0 Å². The zero-order chi connectivity index (χ0) is 10.5. The van der Waals surface area contributed by atoms with Crippen LogP contribution in [0, 0.1) is 0 Å². The van der Waals surface area contributed by atoms with Gasteiger partial charge in [-0.3, -0.25) is 4.90 Å². The van der Waals surface area contributed by atoms with Crippen molar-refractivity contribution in [1.29, 1.82) is 0 Å². The first-order chi connectivity index (χ1) is 6.41. The van der Waals surface area contributed by atoms with Crippen LogP contribution in [0.15, 0.2) is 0 Å². The van der Waals surface area contributed by atoms with E-state index in [1.165, 1.54) is 12.8 Å². The Labute approximate surface area is 93.2 Å². The highest BCUT2D eigenvalue weighted by Crippen LogP contribution is 2.38. The Bertz CT molecular complexity index is 222. The van der Waals surface area contributed by atoms with Crippen molar-refractivity contribution in [3.05, 3.63) is 0 Å². The first-order valence-electron chi connectivity index (χ1n) is 5.65. The molecule has 0 amide bonds. The van der Waals surface area contributed by atoms with Crippen molar-refractivity contribution >= 4 is 12.8 Å². The van der Waals surface area contributed by atoms with Crippen LogP contribution in [0.5, 0.6) is 0 Å². The van der Waals surface area contributed by atoms with Crippen LogP contribution >= 0.6 is 12.8 Å². The smallest absolute Gasteiger partial charge is 0.0354 e. The van der Waals surface area contributed by atoms with Crippen LogP contribution in [0.3, 0.4) is 0 Å². The molecule has 3 heterocycles. The van der Waals surface area contributed by atoms with Gasteiger partial charge in [0.05, 0.1) is 0 Å². The second-order valence-corrected chi connectivity index (χ2v) is 6.25. The van der Waals surface area contributed by atoms with Crippen LogP contribution < -0.4 is 0 Å². The van der Waals surface area contributed by atoms with E-state index < -0.39 is 0 Å². The Kier molecular flexibility index (Phi) is 2.61. The Morgan fingerprint density at radius 3 is 2.29 bits per heavy atom. The molecule has 0 spiro atoms. The third-order valence-electron chi connectivity index (χ3n) is 3.74. The summed E-state index contributed by atoms with van der Waals surface area (Å²) in [5.74, 6) is 0. The summed E-state index contributed by atoms with van der Waals surface area (Å²) in [5.41, 5.74) is 0.303. The Morgan fingerprint density at radius 1 is 1.21 bits per heavy atom. The fourth-order valence-electron chi connectivity index (χ4n) is 3.35. The molecule has 3 rings (SSSR count). The second kappa shape index (κ2) is 3.39. The van der Waals surface area contributed by atoms with Gasteiger partial charge in [0.15, 0.2) is 0 Å².